The Morgan fingerprint density at radius 1 is 1.42 bits per heavy atom. The molecule has 2 N–H and O–H groups in total. The van der Waals surface area contributed by atoms with Crippen molar-refractivity contribution >= 4 is 11.6 Å². The lowest BCUT2D eigenvalue weighted by atomic mass is 10.2. The van der Waals surface area contributed by atoms with Gasteiger partial charge in [-0.25, -0.2) is 0 Å². The van der Waals surface area contributed by atoms with Crippen LogP contribution in [0.2, 0.25) is 0 Å². The molecule has 100 valence electrons. The van der Waals surface area contributed by atoms with Gasteiger partial charge in [0.1, 0.15) is 11.6 Å². The van der Waals surface area contributed by atoms with Crippen LogP contribution in [0.3, 0.4) is 0 Å². The van der Waals surface area contributed by atoms with Crippen LogP contribution in [-0.2, 0) is 4.79 Å². The zero-order valence-corrected chi connectivity index (χ0v) is 11.4. The normalized spacial score (nSPS) is 10.7. The molecule has 4 heteroatoms. The predicted octanol–water partition coefficient (Wildman–Crippen LogP) is 2.73. The van der Waals surface area contributed by atoms with E-state index in [9.17, 15) is 4.79 Å². The molecule has 0 saturated heterocycles. The number of anilines is 1. The van der Waals surface area contributed by atoms with E-state index in [0.717, 1.165) is 24.1 Å². The second-order valence-corrected chi connectivity index (χ2v) is 4.24. The fourth-order valence-electron chi connectivity index (χ4n) is 1.51. The maximum Gasteiger partial charge on any atom is 0.263 e. The molecule has 0 heterocycles. The lowest BCUT2D eigenvalue weighted by molar-refractivity contribution is -0.117. The molecule has 0 saturated carbocycles. The monoisotopic (exact) mass is 257 g/mol. The van der Waals surface area contributed by atoms with Gasteiger partial charge in [-0.15, -0.1) is 0 Å². The Labute approximate surface area is 114 Å². The number of nitrogens with one attached hydrogen (secondary N) is 2. The van der Waals surface area contributed by atoms with Gasteiger partial charge in [0.05, 0.1) is 0 Å². The smallest absolute Gasteiger partial charge is 0.263 e. The quantitative estimate of drug-likeness (QED) is 0.468. The molecule has 0 aliphatic carbocycles. The minimum atomic E-state index is -0.336. The molecule has 0 aliphatic heterocycles. The molecule has 0 bridgehead atoms. The Hall–Kier alpha value is -2.28. The number of para-hydroxylation sites is 1. The number of amides is 1. The zero-order valence-electron chi connectivity index (χ0n) is 11.4. The van der Waals surface area contributed by atoms with Crippen molar-refractivity contribution in [2.75, 3.05) is 11.9 Å². The van der Waals surface area contributed by atoms with Crippen LogP contribution in [0.1, 0.15) is 25.3 Å². The molecule has 1 amide bonds. The van der Waals surface area contributed by atoms with Crippen molar-refractivity contribution in [2.45, 2.75) is 26.7 Å². The number of nitriles is 1. The van der Waals surface area contributed by atoms with Crippen molar-refractivity contribution in [1.29, 1.82) is 5.26 Å². The van der Waals surface area contributed by atoms with E-state index in [1.807, 2.05) is 44.2 Å². The third kappa shape index (κ3) is 4.84. The first kappa shape index (κ1) is 14.8. The number of rotatable bonds is 6. The number of benzene rings is 1. The SMILES string of the molecule is CCCCNC(=O)/C(C#N)=C\Nc1ccccc1C. The molecule has 1 rings (SSSR count). The molecule has 0 aliphatic rings. The van der Waals surface area contributed by atoms with Crippen molar-refractivity contribution in [3.05, 3.63) is 41.6 Å². The minimum Gasteiger partial charge on any atom is -0.360 e. The predicted molar refractivity (Wildman–Crippen MR) is 76.4 cm³/mol. The largest absolute Gasteiger partial charge is 0.360 e. The number of carbonyl (C=O) groups is 1. The Kier molecular flexibility index (Phi) is 6.17. The molecular weight excluding hydrogens is 238 g/mol. The zero-order chi connectivity index (χ0) is 14.1. The van der Waals surface area contributed by atoms with Crippen LogP contribution in [-0.4, -0.2) is 12.5 Å². The van der Waals surface area contributed by atoms with E-state index >= 15 is 0 Å². The van der Waals surface area contributed by atoms with E-state index in [0.29, 0.717) is 6.54 Å². The molecule has 0 spiro atoms. The Morgan fingerprint density at radius 3 is 2.79 bits per heavy atom. The number of aryl methyl sites for hydroxylation is 1. The van der Waals surface area contributed by atoms with Crippen molar-refractivity contribution in [1.82, 2.24) is 5.32 Å². The van der Waals surface area contributed by atoms with Crippen LogP contribution < -0.4 is 10.6 Å². The second kappa shape index (κ2) is 7.93. The molecule has 1 aromatic rings. The average Bonchev–Trinajstić information content (AvgIpc) is 2.41. The van der Waals surface area contributed by atoms with E-state index in [1.165, 1.54) is 6.20 Å². The van der Waals surface area contributed by atoms with Gasteiger partial charge in [-0.2, -0.15) is 5.26 Å². The van der Waals surface area contributed by atoms with Crippen LogP contribution in [0.15, 0.2) is 36.0 Å². The van der Waals surface area contributed by atoms with E-state index in [-0.39, 0.29) is 11.5 Å². The highest BCUT2D eigenvalue weighted by atomic mass is 16.1. The van der Waals surface area contributed by atoms with Crippen molar-refractivity contribution in [3.63, 3.8) is 0 Å². The number of hydrogen-bond acceptors (Lipinski definition) is 3. The topological polar surface area (TPSA) is 64.9 Å². The first-order valence-electron chi connectivity index (χ1n) is 6.39. The van der Waals surface area contributed by atoms with Crippen LogP contribution >= 0.6 is 0 Å². The maximum absolute atomic E-state index is 11.7. The Bertz CT molecular complexity index is 500. The molecule has 0 aromatic heterocycles. The summed E-state index contributed by atoms with van der Waals surface area (Å²) in [5.41, 5.74) is 2.03. The number of nitrogens with zero attached hydrogens (tertiary/aromatic N) is 1. The fourth-order valence-corrected chi connectivity index (χ4v) is 1.51. The summed E-state index contributed by atoms with van der Waals surface area (Å²) >= 11 is 0. The van der Waals surface area contributed by atoms with Crippen LogP contribution in [0.5, 0.6) is 0 Å². The standard InChI is InChI=1S/C15H19N3O/c1-3-4-9-17-15(19)13(10-16)11-18-14-8-6-5-7-12(14)2/h5-8,11,18H,3-4,9H2,1-2H3,(H,17,19)/b13-11-. The summed E-state index contributed by atoms with van der Waals surface area (Å²) in [6, 6.07) is 9.60. The Balaban J connectivity index is 2.65. The van der Waals surface area contributed by atoms with E-state index < -0.39 is 0 Å². The molecule has 1 aromatic carbocycles. The first-order valence-corrected chi connectivity index (χ1v) is 6.39. The molecule has 0 unspecified atom stereocenters. The highest BCUT2D eigenvalue weighted by Gasteiger charge is 2.07. The third-order valence-corrected chi connectivity index (χ3v) is 2.70. The first-order chi connectivity index (χ1) is 9.19. The summed E-state index contributed by atoms with van der Waals surface area (Å²) in [6.07, 6.45) is 3.37. The van der Waals surface area contributed by atoms with Gasteiger partial charge < -0.3 is 10.6 Å². The minimum absolute atomic E-state index is 0.0827. The highest BCUT2D eigenvalue weighted by molar-refractivity contribution is 5.97. The summed E-state index contributed by atoms with van der Waals surface area (Å²) in [4.78, 5) is 11.7. The van der Waals surface area contributed by atoms with Crippen LogP contribution in [0.4, 0.5) is 5.69 Å². The molecular formula is C15H19N3O. The Morgan fingerprint density at radius 2 is 2.16 bits per heavy atom. The maximum atomic E-state index is 11.7. The summed E-state index contributed by atoms with van der Waals surface area (Å²) in [7, 11) is 0. The van der Waals surface area contributed by atoms with E-state index in [4.69, 9.17) is 5.26 Å². The molecule has 0 radical (unpaired) electrons. The summed E-state index contributed by atoms with van der Waals surface area (Å²) < 4.78 is 0. The van der Waals surface area contributed by atoms with Crippen LogP contribution in [0.25, 0.3) is 0 Å². The fraction of sp³-hybridized carbons (Fsp3) is 0.333. The van der Waals surface area contributed by atoms with Gasteiger partial charge in [0.25, 0.3) is 5.91 Å². The number of carbonyl (C=O) groups excluding carboxylic acids is 1. The second-order valence-electron chi connectivity index (χ2n) is 4.24. The molecule has 19 heavy (non-hydrogen) atoms. The van der Waals surface area contributed by atoms with E-state index in [2.05, 4.69) is 10.6 Å². The lowest BCUT2D eigenvalue weighted by Gasteiger charge is -2.06. The van der Waals surface area contributed by atoms with Gasteiger partial charge in [-0.3, -0.25) is 4.79 Å². The average molecular weight is 257 g/mol. The summed E-state index contributed by atoms with van der Waals surface area (Å²) in [5, 5.41) is 14.7. The van der Waals surface area contributed by atoms with Crippen molar-refractivity contribution in [2.24, 2.45) is 0 Å². The third-order valence-electron chi connectivity index (χ3n) is 2.70. The highest BCUT2D eigenvalue weighted by Crippen LogP contribution is 2.13. The number of unbranched alkanes of at least 4 members (excludes halogenated alkanes) is 1. The number of hydrogen-bond donors (Lipinski definition) is 2. The molecule has 4 nitrogen and oxygen atoms in total. The van der Waals surface area contributed by atoms with Crippen molar-refractivity contribution in [3.8, 4) is 6.07 Å². The van der Waals surface area contributed by atoms with Gasteiger partial charge >= 0.3 is 0 Å². The molecule has 0 fully saturated rings. The van der Waals surface area contributed by atoms with Crippen molar-refractivity contribution < 1.29 is 4.79 Å². The van der Waals surface area contributed by atoms with Gasteiger partial charge in [-0.1, -0.05) is 31.5 Å². The van der Waals surface area contributed by atoms with Gasteiger partial charge in [-0.05, 0) is 25.0 Å². The molecule has 0 atom stereocenters. The van der Waals surface area contributed by atoms with Crippen LogP contribution in [0, 0.1) is 18.3 Å². The van der Waals surface area contributed by atoms with Gasteiger partial charge in [0, 0.05) is 18.4 Å². The lowest BCUT2D eigenvalue weighted by Crippen LogP contribution is -2.25. The van der Waals surface area contributed by atoms with Gasteiger partial charge in [0.15, 0.2) is 0 Å². The van der Waals surface area contributed by atoms with E-state index in [1.54, 1.807) is 0 Å². The summed E-state index contributed by atoms with van der Waals surface area (Å²) in [5.74, 6) is -0.336. The summed E-state index contributed by atoms with van der Waals surface area (Å²) in [6.45, 7) is 4.61. The van der Waals surface area contributed by atoms with Gasteiger partial charge in [0.2, 0.25) is 0 Å².